The second kappa shape index (κ2) is 6.60. The minimum Gasteiger partial charge on any atom is -0.508 e. The van der Waals surface area contributed by atoms with Gasteiger partial charge < -0.3 is 10.4 Å². The van der Waals surface area contributed by atoms with Gasteiger partial charge in [-0.3, -0.25) is 14.9 Å². The molecule has 0 saturated carbocycles. The van der Waals surface area contributed by atoms with Gasteiger partial charge in [-0.2, -0.15) is 0 Å². The Balaban J connectivity index is 2.18. The quantitative estimate of drug-likeness (QED) is 0.561. The van der Waals surface area contributed by atoms with Crippen molar-refractivity contribution < 1.29 is 14.8 Å². The number of hydrogen-bond donors (Lipinski definition) is 2. The van der Waals surface area contributed by atoms with Gasteiger partial charge in [-0.15, -0.1) is 0 Å². The van der Waals surface area contributed by atoms with Gasteiger partial charge in [0.2, 0.25) is 5.91 Å². The van der Waals surface area contributed by atoms with Crippen molar-refractivity contribution in [3.63, 3.8) is 0 Å². The Kier molecular flexibility index (Phi) is 4.35. The number of non-ortho nitro benzene ring substituents is 1. The van der Waals surface area contributed by atoms with E-state index in [9.17, 15) is 20.0 Å². The summed E-state index contributed by atoms with van der Waals surface area (Å²) in [5.41, 5.74) is 1.17. The normalized spacial score (nSPS) is 11.9. The molecule has 2 N–H and O–H groups in total. The molecule has 0 unspecified atom stereocenters. The summed E-state index contributed by atoms with van der Waals surface area (Å²) in [4.78, 5) is 22.1. The van der Waals surface area contributed by atoms with Crippen LogP contribution >= 0.6 is 0 Å². The fourth-order valence-electron chi connectivity index (χ4n) is 2.90. The first kappa shape index (κ1) is 16.4. The van der Waals surface area contributed by atoms with Gasteiger partial charge in [-0.25, -0.2) is 0 Å². The molecular weight excluding hydrogens is 320 g/mol. The number of phenolic OH excluding ortho intramolecular Hbond substituents is 1. The van der Waals surface area contributed by atoms with Crippen LogP contribution in [0.2, 0.25) is 0 Å². The van der Waals surface area contributed by atoms with Crippen molar-refractivity contribution in [2.75, 3.05) is 0 Å². The second-order valence-corrected chi connectivity index (χ2v) is 5.70. The van der Waals surface area contributed by atoms with Gasteiger partial charge in [-0.1, -0.05) is 30.3 Å². The Labute approximate surface area is 143 Å². The van der Waals surface area contributed by atoms with Crippen molar-refractivity contribution in [3.8, 4) is 5.75 Å². The van der Waals surface area contributed by atoms with Crippen LogP contribution in [-0.2, 0) is 4.79 Å². The van der Waals surface area contributed by atoms with Gasteiger partial charge in [0.1, 0.15) is 5.75 Å². The van der Waals surface area contributed by atoms with Gasteiger partial charge in [0, 0.05) is 24.6 Å². The molecule has 0 saturated heterocycles. The van der Waals surface area contributed by atoms with Crippen molar-refractivity contribution in [1.82, 2.24) is 5.32 Å². The Morgan fingerprint density at radius 1 is 1.08 bits per heavy atom. The van der Waals surface area contributed by atoms with Gasteiger partial charge in [0.25, 0.3) is 5.69 Å². The van der Waals surface area contributed by atoms with Gasteiger partial charge in [-0.05, 0) is 34.5 Å². The minimum atomic E-state index is -0.621. The SMILES string of the molecule is CC(=O)N[C@@H](c1ccc([N+](=O)[O-])cc1)c1c(O)ccc2ccccc12. The zero-order valence-electron chi connectivity index (χ0n) is 13.5. The standard InChI is InChI=1S/C19H16N2O4/c1-12(22)20-19(14-6-9-15(10-7-14)21(24)25)18-16-5-3-2-4-13(16)8-11-17(18)23/h2-11,19,23H,1H3,(H,20,22)/t19-/m0/s1. The minimum absolute atomic E-state index is 0.0348. The molecule has 3 aromatic carbocycles. The number of carbonyl (C=O) groups excluding carboxylic acids is 1. The molecule has 0 aliphatic heterocycles. The molecule has 0 aromatic heterocycles. The first-order valence-electron chi connectivity index (χ1n) is 7.69. The molecule has 0 bridgehead atoms. The molecule has 1 atom stereocenters. The number of hydrogen-bond acceptors (Lipinski definition) is 4. The van der Waals surface area contributed by atoms with Gasteiger partial charge in [0.05, 0.1) is 11.0 Å². The maximum Gasteiger partial charge on any atom is 0.269 e. The fourth-order valence-corrected chi connectivity index (χ4v) is 2.90. The zero-order valence-corrected chi connectivity index (χ0v) is 13.5. The van der Waals surface area contributed by atoms with Gasteiger partial charge >= 0.3 is 0 Å². The van der Waals surface area contributed by atoms with E-state index in [1.165, 1.54) is 19.1 Å². The molecule has 0 aliphatic rings. The zero-order chi connectivity index (χ0) is 18.0. The predicted molar refractivity (Wildman–Crippen MR) is 94.4 cm³/mol. The molecule has 25 heavy (non-hydrogen) atoms. The molecule has 1 amide bonds. The van der Waals surface area contributed by atoms with Gasteiger partial charge in [0.15, 0.2) is 0 Å². The number of nitrogens with zero attached hydrogens (tertiary/aromatic N) is 1. The summed E-state index contributed by atoms with van der Waals surface area (Å²) in [6, 6.07) is 16.2. The second-order valence-electron chi connectivity index (χ2n) is 5.70. The molecule has 6 nitrogen and oxygen atoms in total. The number of nitro groups is 1. The maximum absolute atomic E-state index is 11.7. The molecule has 0 radical (unpaired) electrons. The summed E-state index contributed by atoms with van der Waals surface area (Å²) in [5, 5.41) is 25.8. The van der Waals surface area contributed by atoms with Crippen molar-refractivity contribution in [2.45, 2.75) is 13.0 Å². The number of phenols is 1. The first-order valence-corrected chi connectivity index (χ1v) is 7.69. The third kappa shape index (κ3) is 3.28. The van der Waals surface area contributed by atoms with Crippen LogP contribution in [0.1, 0.15) is 24.1 Å². The van der Waals surface area contributed by atoms with Crippen LogP contribution < -0.4 is 5.32 Å². The van der Waals surface area contributed by atoms with Crippen LogP contribution in [0.15, 0.2) is 60.7 Å². The topological polar surface area (TPSA) is 92.5 Å². The van der Waals surface area contributed by atoms with Crippen molar-refractivity contribution in [2.24, 2.45) is 0 Å². The number of nitro benzene ring substituents is 1. The smallest absolute Gasteiger partial charge is 0.269 e. The van der Waals surface area contributed by atoms with E-state index in [1.54, 1.807) is 24.3 Å². The average molecular weight is 336 g/mol. The lowest BCUT2D eigenvalue weighted by Crippen LogP contribution is -2.27. The molecule has 0 fully saturated rings. The maximum atomic E-state index is 11.7. The van der Waals surface area contributed by atoms with E-state index < -0.39 is 11.0 Å². The fraction of sp³-hybridized carbons (Fsp3) is 0.105. The summed E-state index contributed by atoms with van der Waals surface area (Å²) >= 11 is 0. The van der Waals surface area contributed by atoms with E-state index in [-0.39, 0.29) is 17.3 Å². The lowest BCUT2D eigenvalue weighted by Gasteiger charge is -2.22. The van der Waals surface area contributed by atoms with Crippen molar-refractivity contribution in [1.29, 1.82) is 0 Å². The number of fused-ring (bicyclic) bond motifs is 1. The highest BCUT2D eigenvalue weighted by atomic mass is 16.6. The van der Waals surface area contributed by atoms with Crippen molar-refractivity contribution in [3.05, 3.63) is 81.9 Å². The number of nitrogens with one attached hydrogen (secondary N) is 1. The van der Waals surface area contributed by atoms with Crippen LogP contribution in [0.3, 0.4) is 0 Å². The number of rotatable bonds is 4. The monoisotopic (exact) mass is 336 g/mol. The summed E-state index contributed by atoms with van der Waals surface area (Å²) < 4.78 is 0. The third-order valence-corrected chi connectivity index (χ3v) is 4.02. The number of amides is 1. The highest BCUT2D eigenvalue weighted by molar-refractivity contribution is 5.89. The van der Waals surface area contributed by atoms with E-state index in [0.717, 1.165) is 10.8 Å². The molecule has 0 spiro atoms. The molecule has 126 valence electrons. The Hall–Kier alpha value is -3.41. The predicted octanol–water partition coefficient (Wildman–Crippen LogP) is 3.68. The lowest BCUT2D eigenvalue weighted by atomic mass is 9.92. The highest BCUT2D eigenvalue weighted by Crippen LogP contribution is 2.36. The van der Waals surface area contributed by atoms with E-state index >= 15 is 0 Å². The third-order valence-electron chi connectivity index (χ3n) is 4.02. The van der Waals surface area contributed by atoms with Crippen LogP contribution in [0.25, 0.3) is 10.8 Å². The Morgan fingerprint density at radius 2 is 1.76 bits per heavy atom. The summed E-state index contributed by atoms with van der Waals surface area (Å²) in [6.45, 7) is 1.39. The van der Waals surface area contributed by atoms with E-state index in [0.29, 0.717) is 11.1 Å². The molecule has 3 rings (SSSR count). The van der Waals surface area contributed by atoms with Crippen molar-refractivity contribution >= 4 is 22.4 Å². The van der Waals surface area contributed by atoms with Crippen LogP contribution in [0, 0.1) is 10.1 Å². The first-order chi connectivity index (χ1) is 12.0. The summed E-state index contributed by atoms with van der Waals surface area (Å²) in [6.07, 6.45) is 0. The highest BCUT2D eigenvalue weighted by Gasteiger charge is 2.22. The van der Waals surface area contributed by atoms with E-state index in [1.807, 2.05) is 24.3 Å². The molecule has 6 heteroatoms. The summed E-state index contributed by atoms with van der Waals surface area (Å²) in [5.74, 6) is -0.216. The largest absolute Gasteiger partial charge is 0.508 e. The Morgan fingerprint density at radius 3 is 2.40 bits per heavy atom. The number of benzene rings is 3. The number of aromatic hydroxyl groups is 1. The van der Waals surface area contributed by atoms with Crippen LogP contribution in [0.5, 0.6) is 5.75 Å². The van der Waals surface area contributed by atoms with E-state index in [2.05, 4.69) is 5.32 Å². The summed E-state index contributed by atoms with van der Waals surface area (Å²) in [7, 11) is 0. The Bertz CT molecular complexity index is 951. The average Bonchev–Trinajstić information content (AvgIpc) is 2.60. The van der Waals surface area contributed by atoms with E-state index in [4.69, 9.17) is 0 Å². The lowest BCUT2D eigenvalue weighted by molar-refractivity contribution is -0.384. The number of carbonyl (C=O) groups is 1. The molecule has 3 aromatic rings. The molecular formula is C19H16N2O4. The van der Waals surface area contributed by atoms with Crippen LogP contribution in [-0.4, -0.2) is 15.9 Å². The molecule has 0 aliphatic carbocycles. The molecule has 0 heterocycles. The van der Waals surface area contributed by atoms with Crippen LogP contribution in [0.4, 0.5) is 5.69 Å².